The van der Waals surface area contributed by atoms with Crippen LogP contribution in [-0.4, -0.2) is 49.2 Å². The summed E-state index contributed by atoms with van der Waals surface area (Å²) in [4.78, 5) is 0. The highest BCUT2D eigenvalue weighted by molar-refractivity contribution is 7.86. The van der Waals surface area contributed by atoms with Crippen LogP contribution in [0.25, 0.3) is 0 Å². The third-order valence-corrected chi connectivity index (χ3v) is 5.67. The van der Waals surface area contributed by atoms with Gasteiger partial charge in [0.2, 0.25) is 0 Å². The average molecular weight is 263 g/mol. The quantitative estimate of drug-likeness (QED) is 0.797. The molecule has 1 unspecified atom stereocenters. The van der Waals surface area contributed by atoms with Crippen LogP contribution in [0.1, 0.15) is 39.5 Å². The molecule has 0 aromatic rings. The van der Waals surface area contributed by atoms with Crippen LogP contribution in [0.3, 0.4) is 0 Å². The van der Waals surface area contributed by atoms with E-state index in [1.54, 1.807) is 4.31 Å². The van der Waals surface area contributed by atoms with E-state index in [2.05, 4.69) is 0 Å². The molecule has 0 bridgehead atoms. The lowest BCUT2D eigenvalue weighted by Gasteiger charge is -2.32. The van der Waals surface area contributed by atoms with Gasteiger partial charge in [-0.15, -0.1) is 0 Å². The van der Waals surface area contributed by atoms with Crippen LogP contribution in [0.5, 0.6) is 0 Å². The Hall–Kier alpha value is -0.170. The van der Waals surface area contributed by atoms with E-state index in [1.165, 1.54) is 4.31 Å². The van der Waals surface area contributed by atoms with Crippen LogP contribution in [-0.2, 0) is 10.2 Å². The molecule has 0 aromatic heterocycles. The van der Waals surface area contributed by atoms with Crippen LogP contribution < -0.4 is 5.73 Å². The van der Waals surface area contributed by atoms with Gasteiger partial charge in [0.25, 0.3) is 10.2 Å². The number of rotatable bonds is 5. The Bertz CT molecular complexity index is 315. The van der Waals surface area contributed by atoms with Gasteiger partial charge in [-0.05, 0) is 12.8 Å². The summed E-state index contributed by atoms with van der Waals surface area (Å²) in [5, 5.41) is 0. The molecule has 0 aliphatic carbocycles. The van der Waals surface area contributed by atoms with Gasteiger partial charge in [0.05, 0.1) is 0 Å². The predicted octanol–water partition coefficient (Wildman–Crippen LogP) is 0.776. The maximum Gasteiger partial charge on any atom is 0.282 e. The Balaban J connectivity index is 2.92. The van der Waals surface area contributed by atoms with E-state index in [-0.39, 0.29) is 6.04 Å². The van der Waals surface area contributed by atoms with Crippen LogP contribution in [0.15, 0.2) is 0 Å². The van der Waals surface area contributed by atoms with E-state index in [4.69, 9.17) is 5.73 Å². The summed E-state index contributed by atoms with van der Waals surface area (Å²) in [5.74, 6) is 0. The largest absolute Gasteiger partial charge is 0.329 e. The standard InChI is InChI=1S/C11H25N3O2S/c1-3-13(4-2)17(15,16)14-9-7-5-6-8-11(14)10-12/h11H,3-10,12H2,1-2H3. The molecule has 102 valence electrons. The Morgan fingerprint density at radius 3 is 2.41 bits per heavy atom. The molecule has 5 nitrogen and oxygen atoms in total. The molecule has 0 radical (unpaired) electrons. The summed E-state index contributed by atoms with van der Waals surface area (Å²) in [6.45, 7) is 5.81. The molecule has 1 atom stereocenters. The van der Waals surface area contributed by atoms with Crippen LogP contribution >= 0.6 is 0 Å². The van der Waals surface area contributed by atoms with E-state index in [0.29, 0.717) is 26.2 Å². The van der Waals surface area contributed by atoms with Crippen molar-refractivity contribution in [1.29, 1.82) is 0 Å². The van der Waals surface area contributed by atoms with Crippen molar-refractivity contribution in [3.05, 3.63) is 0 Å². The first-order valence-electron chi connectivity index (χ1n) is 6.54. The maximum absolute atomic E-state index is 12.5. The fraction of sp³-hybridized carbons (Fsp3) is 1.00. The van der Waals surface area contributed by atoms with Gasteiger partial charge in [-0.25, -0.2) is 0 Å². The van der Waals surface area contributed by atoms with Gasteiger partial charge in [0, 0.05) is 32.2 Å². The molecule has 0 saturated carbocycles. The third kappa shape index (κ3) is 3.40. The Morgan fingerprint density at radius 2 is 1.88 bits per heavy atom. The average Bonchev–Trinajstić information content (AvgIpc) is 2.55. The van der Waals surface area contributed by atoms with Gasteiger partial charge in [-0.1, -0.05) is 26.7 Å². The zero-order chi connectivity index (χ0) is 12.9. The predicted molar refractivity (Wildman–Crippen MR) is 69.9 cm³/mol. The van der Waals surface area contributed by atoms with Crippen LogP contribution in [0, 0.1) is 0 Å². The summed E-state index contributed by atoms with van der Waals surface area (Å²) < 4.78 is 28.1. The molecular formula is C11H25N3O2S. The Labute approximate surface area is 105 Å². The Morgan fingerprint density at radius 1 is 1.24 bits per heavy atom. The Kier molecular flexibility index (Phi) is 5.85. The van der Waals surface area contributed by atoms with Gasteiger partial charge in [-0.3, -0.25) is 0 Å². The minimum absolute atomic E-state index is 0.0249. The SMILES string of the molecule is CCN(CC)S(=O)(=O)N1CCCCCC1CN. The number of nitrogens with two attached hydrogens (primary N) is 1. The molecule has 1 aliphatic rings. The second-order valence-corrected chi connectivity index (χ2v) is 6.32. The first-order chi connectivity index (χ1) is 8.07. The van der Waals surface area contributed by atoms with Gasteiger partial charge >= 0.3 is 0 Å². The fourth-order valence-corrected chi connectivity index (χ4v) is 4.27. The third-order valence-electron chi connectivity index (χ3n) is 3.42. The number of hydrogen-bond acceptors (Lipinski definition) is 3. The van der Waals surface area contributed by atoms with Gasteiger partial charge in [0.15, 0.2) is 0 Å². The van der Waals surface area contributed by atoms with Gasteiger partial charge in [0.1, 0.15) is 0 Å². The minimum atomic E-state index is -3.32. The zero-order valence-electron chi connectivity index (χ0n) is 10.9. The molecule has 0 aromatic carbocycles. The second kappa shape index (κ2) is 6.68. The lowest BCUT2D eigenvalue weighted by Crippen LogP contribution is -2.50. The van der Waals surface area contributed by atoms with E-state index in [9.17, 15) is 8.42 Å². The summed E-state index contributed by atoms with van der Waals surface area (Å²) in [6.07, 6.45) is 4.00. The highest BCUT2D eigenvalue weighted by Crippen LogP contribution is 2.21. The van der Waals surface area contributed by atoms with Crippen molar-refractivity contribution in [1.82, 2.24) is 8.61 Å². The lowest BCUT2D eigenvalue weighted by atomic mass is 10.1. The van der Waals surface area contributed by atoms with E-state index in [0.717, 1.165) is 25.7 Å². The van der Waals surface area contributed by atoms with Crippen molar-refractivity contribution >= 4 is 10.2 Å². The van der Waals surface area contributed by atoms with Crippen LogP contribution in [0.2, 0.25) is 0 Å². The summed E-state index contributed by atoms with van der Waals surface area (Å²) in [6, 6.07) is -0.0249. The van der Waals surface area contributed by atoms with Crippen molar-refractivity contribution in [2.45, 2.75) is 45.6 Å². The van der Waals surface area contributed by atoms with E-state index in [1.807, 2.05) is 13.8 Å². The van der Waals surface area contributed by atoms with E-state index >= 15 is 0 Å². The monoisotopic (exact) mass is 263 g/mol. The molecular weight excluding hydrogens is 238 g/mol. The van der Waals surface area contributed by atoms with Crippen molar-refractivity contribution < 1.29 is 8.42 Å². The molecule has 0 amide bonds. The number of hydrogen-bond donors (Lipinski definition) is 1. The maximum atomic E-state index is 12.5. The van der Waals surface area contributed by atoms with Gasteiger partial charge in [-0.2, -0.15) is 17.0 Å². The molecule has 0 spiro atoms. The fourth-order valence-electron chi connectivity index (χ4n) is 2.39. The summed E-state index contributed by atoms with van der Waals surface area (Å²) in [7, 11) is -3.32. The molecule has 2 N–H and O–H groups in total. The molecule has 1 heterocycles. The summed E-state index contributed by atoms with van der Waals surface area (Å²) in [5.41, 5.74) is 5.72. The first kappa shape index (κ1) is 14.9. The van der Waals surface area contributed by atoms with Crippen molar-refractivity contribution in [2.75, 3.05) is 26.2 Å². The van der Waals surface area contributed by atoms with E-state index < -0.39 is 10.2 Å². The lowest BCUT2D eigenvalue weighted by molar-refractivity contribution is 0.293. The topological polar surface area (TPSA) is 66.6 Å². The van der Waals surface area contributed by atoms with Crippen molar-refractivity contribution in [2.24, 2.45) is 5.73 Å². The first-order valence-corrected chi connectivity index (χ1v) is 7.94. The smallest absolute Gasteiger partial charge is 0.282 e. The number of nitrogens with zero attached hydrogens (tertiary/aromatic N) is 2. The minimum Gasteiger partial charge on any atom is -0.329 e. The van der Waals surface area contributed by atoms with Crippen LogP contribution in [0.4, 0.5) is 0 Å². The molecule has 6 heteroatoms. The molecule has 17 heavy (non-hydrogen) atoms. The molecule has 1 fully saturated rings. The van der Waals surface area contributed by atoms with Crippen molar-refractivity contribution in [3.8, 4) is 0 Å². The van der Waals surface area contributed by atoms with Crippen molar-refractivity contribution in [3.63, 3.8) is 0 Å². The normalized spacial score (nSPS) is 23.9. The molecule has 1 rings (SSSR count). The zero-order valence-corrected chi connectivity index (χ0v) is 11.7. The highest BCUT2D eigenvalue weighted by atomic mass is 32.2. The molecule has 1 aliphatic heterocycles. The molecule has 1 saturated heterocycles. The highest BCUT2D eigenvalue weighted by Gasteiger charge is 2.33. The second-order valence-electron chi connectivity index (χ2n) is 4.44. The summed E-state index contributed by atoms with van der Waals surface area (Å²) >= 11 is 0. The van der Waals surface area contributed by atoms with Gasteiger partial charge < -0.3 is 5.73 Å².